The lowest BCUT2D eigenvalue weighted by Gasteiger charge is -2.25. The van der Waals surface area contributed by atoms with Gasteiger partial charge in [0.1, 0.15) is 36.3 Å². The smallest absolute Gasteiger partial charge is 0.224 e. The van der Waals surface area contributed by atoms with E-state index in [-0.39, 0.29) is 0 Å². The summed E-state index contributed by atoms with van der Waals surface area (Å²) < 4.78 is 13.4. The minimum atomic E-state index is 0.453. The standard InChI is InChI=1S/C27H29N9O2/c1-17-11-18(5-7-21(17)38-24-12-23-29-15-32-36(23)16-31-24)33-27-25-20(28-14-30-27)6-8-22(37-4)26(25)35-10-9-19(13-35)34(2)3/h5-8,11-12,14-16,19H,9-10,13H2,1-4H3,(H,28,30,33)/t19-/m0/s1. The SMILES string of the molecule is COc1ccc2ncnc(Nc3ccc(Oc4cc5ncnn5cn4)c(C)c3)c2c1N1CC[C@H](N(C)C)C1. The maximum Gasteiger partial charge on any atom is 0.224 e. The fourth-order valence-corrected chi connectivity index (χ4v) is 4.91. The van der Waals surface area contributed by atoms with Gasteiger partial charge in [0.15, 0.2) is 5.65 Å². The fraction of sp³-hybridized carbons (Fsp3) is 0.296. The maximum absolute atomic E-state index is 6.04. The Labute approximate surface area is 220 Å². The predicted molar refractivity (Wildman–Crippen MR) is 146 cm³/mol. The van der Waals surface area contributed by atoms with Gasteiger partial charge in [-0.05, 0) is 63.3 Å². The van der Waals surface area contributed by atoms with Crippen molar-refractivity contribution in [2.24, 2.45) is 0 Å². The van der Waals surface area contributed by atoms with Gasteiger partial charge in [-0.1, -0.05) is 0 Å². The fourth-order valence-electron chi connectivity index (χ4n) is 4.91. The van der Waals surface area contributed by atoms with E-state index in [0.717, 1.165) is 58.9 Å². The topological polar surface area (TPSA) is 106 Å². The molecule has 1 N–H and O–H groups in total. The molecule has 2 aromatic carbocycles. The van der Waals surface area contributed by atoms with Gasteiger partial charge in [0.25, 0.3) is 0 Å². The second-order valence-electron chi connectivity index (χ2n) is 9.58. The van der Waals surface area contributed by atoms with Crippen molar-refractivity contribution in [2.75, 3.05) is 44.5 Å². The van der Waals surface area contributed by atoms with Crippen LogP contribution in [0.4, 0.5) is 17.2 Å². The van der Waals surface area contributed by atoms with Crippen molar-refractivity contribution in [2.45, 2.75) is 19.4 Å². The van der Waals surface area contributed by atoms with Crippen LogP contribution in [0, 0.1) is 6.92 Å². The Morgan fingerprint density at radius 2 is 1.87 bits per heavy atom. The molecule has 0 saturated carbocycles. The summed E-state index contributed by atoms with van der Waals surface area (Å²) in [5, 5.41) is 8.52. The molecule has 0 amide bonds. The van der Waals surface area contributed by atoms with E-state index in [1.807, 2.05) is 37.3 Å². The number of aromatic nitrogens is 6. The van der Waals surface area contributed by atoms with Crippen molar-refractivity contribution >= 4 is 33.7 Å². The molecule has 6 rings (SSSR count). The minimum absolute atomic E-state index is 0.453. The van der Waals surface area contributed by atoms with Gasteiger partial charge in [-0.3, -0.25) is 0 Å². The average molecular weight is 512 g/mol. The van der Waals surface area contributed by atoms with Crippen LogP contribution >= 0.6 is 0 Å². The third-order valence-corrected chi connectivity index (χ3v) is 6.97. The molecule has 0 aliphatic carbocycles. The Bertz CT molecular complexity index is 1620. The Balaban J connectivity index is 1.32. The van der Waals surface area contributed by atoms with Crippen LogP contribution in [0.1, 0.15) is 12.0 Å². The van der Waals surface area contributed by atoms with Gasteiger partial charge in [-0.15, -0.1) is 0 Å². The van der Waals surface area contributed by atoms with Crippen molar-refractivity contribution in [3.05, 3.63) is 60.9 Å². The number of hydrogen-bond acceptors (Lipinski definition) is 10. The summed E-state index contributed by atoms with van der Waals surface area (Å²) in [6.45, 7) is 3.84. The highest BCUT2D eigenvalue weighted by Crippen LogP contribution is 2.41. The molecule has 0 bridgehead atoms. The first kappa shape index (κ1) is 23.9. The largest absolute Gasteiger partial charge is 0.495 e. The highest BCUT2D eigenvalue weighted by molar-refractivity contribution is 6.03. The Morgan fingerprint density at radius 3 is 2.66 bits per heavy atom. The van der Waals surface area contributed by atoms with Gasteiger partial charge in [0.05, 0.1) is 23.7 Å². The number of methoxy groups -OCH3 is 1. The Morgan fingerprint density at radius 1 is 1.00 bits per heavy atom. The monoisotopic (exact) mass is 511 g/mol. The number of rotatable bonds is 7. The van der Waals surface area contributed by atoms with Crippen molar-refractivity contribution in [3.8, 4) is 17.4 Å². The number of anilines is 3. The van der Waals surface area contributed by atoms with Crippen molar-refractivity contribution in [1.82, 2.24) is 34.4 Å². The molecule has 5 aromatic rings. The average Bonchev–Trinajstić information content (AvgIpc) is 3.59. The van der Waals surface area contributed by atoms with E-state index in [4.69, 9.17) is 9.47 Å². The van der Waals surface area contributed by atoms with Crippen LogP contribution in [0.25, 0.3) is 16.6 Å². The molecular formula is C27H29N9O2. The molecule has 11 nitrogen and oxygen atoms in total. The molecule has 1 saturated heterocycles. The zero-order valence-electron chi connectivity index (χ0n) is 21.8. The summed E-state index contributed by atoms with van der Waals surface area (Å²) in [6, 6.07) is 12.1. The number of nitrogens with one attached hydrogen (secondary N) is 1. The molecule has 1 atom stereocenters. The van der Waals surface area contributed by atoms with E-state index >= 15 is 0 Å². The van der Waals surface area contributed by atoms with Crippen molar-refractivity contribution < 1.29 is 9.47 Å². The van der Waals surface area contributed by atoms with E-state index < -0.39 is 0 Å². The van der Waals surface area contributed by atoms with Crippen molar-refractivity contribution in [1.29, 1.82) is 0 Å². The lowest BCUT2D eigenvalue weighted by atomic mass is 10.1. The van der Waals surface area contributed by atoms with E-state index in [9.17, 15) is 0 Å². The molecule has 4 heterocycles. The molecular weight excluding hydrogens is 482 g/mol. The molecule has 0 unspecified atom stereocenters. The molecule has 1 fully saturated rings. The maximum atomic E-state index is 6.04. The van der Waals surface area contributed by atoms with E-state index in [1.54, 1.807) is 30.3 Å². The van der Waals surface area contributed by atoms with Gasteiger partial charge in [0, 0.05) is 30.9 Å². The highest BCUT2D eigenvalue weighted by Gasteiger charge is 2.28. The summed E-state index contributed by atoms with van der Waals surface area (Å²) in [4.78, 5) is 22.3. The second-order valence-corrected chi connectivity index (χ2v) is 9.58. The second kappa shape index (κ2) is 9.75. The first-order valence-electron chi connectivity index (χ1n) is 12.4. The first-order valence-corrected chi connectivity index (χ1v) is 12.4. The summed E-state index contributed by atoms with van der Waals surface area (Å²) in [6.07, 6.45) is 5.73. The zero-order chi connectivity index (χ0) is 26.2. The summed E-state index contributed by atoms with van der Waals surface area (Å²) in [5.41, 5.74) is 4.38. The first-order chi connectivity index (χ1) is 18.5. The number of likely N-dealkylation sites (N-methyl/N-ethyl adjacent to an activating group) is 1. The molecule has 3 aromatic heterocycles. The Hall–Kier alpha value is -4.51. The van der Waals surface area contributed by atoms with Crippen LogP contribution in [0.2, 0.25) is 0 Å². The van der Waals surface area contributed by atoms with E-state index in [1.165, 1.54) is 6.33 Å². The molecule has 194 valence electrons. The number of aryl methyl sites for hydroxylation is 1. The molecule has 38 heavy (non-hydrogen) atoms. The van der Waals surface area contributed by atoms with Crippen molar-refractivity contribution in [3.63, 3.8) is 0 Å². The van der Waals surface area contributed by atoms with Gasteiger partial charge in [0.2, 0.25) is 5.88 Å². The van der Waals surface area contributed by atoms with Gasteiger partial charge in [-0.25, -0.2) is 24.5 Å². The number of fused-ring (bicyclic) bond motifs is 2. The zero-order valence-corrected chi connectivity index (χ0v) is 21.8. The van der Waals surface area contributed by atoms with Crippen LogP contribution in [0.15, 0.2) is 55.4 Å². The van der Waals surface area contributed by atoms with Crippen LogP contribution < -0.4 is 19.7 Å². The number of ether oxygens (including phenoxy) is 2. The van der Waals surface area contributed by atoms with Gasteiger partial charge < -0.3 is 24.6 Å². The van der Waals surface area contributed by atoms with Crippen LogP contribution in [-0.2, 0) is 0 Å². The molecule has 11 heteroatoms. The van der Waals surface area contributed by atoms with E-state index in [0.29, 0.717) is 23.3 Å². The number of benzene rings is 2. The molecule has 0 radical (unpaired) electrons. The normalized spacial score (nSPS) is 15.5. The van der Waals surface area contributed by atoms with Gasteiger partial charge in [-0.2, -0.15) is 5.10 Å². The highest BCUT2D eigenvalue weighted by atomic mass is 16.5. The minimum Gasteiger partial charge on any atom is -0.495 e. The summed E-state index contributed by atoms with van der Waals surface area (Å²) in [7, 11) is 5.96. The van der Waals surface area contributed by atoms with Crippen LogP contribution in [-0.4, -0.2) is 74.8 Å². The molecule has 0 spiro atoms. The summed E-state index contributed by atoms with van der Waals surface area (Å²) in [5.74, 6) is 2.69. The van der Waals surface area contributed by atoms with E-state index in [2.05, 4.69) is 54.2 Å². The third kappa shape index (κ3) is 4.41. The number of hydrogen-bond donors (Lipinski definition) is 1. The van der Waals surface area contributed by atoms with Crippen LogP contribution in [0.5, 0.6) is 17.4 Å². The van der Waals surface area contributed by atoms with Gasteiger partial charge >= 0.3 is 0 Å². The number of nitrogens with zero attached hydrogens (tertiary/aromatic N) is 8. The summed E-state index contributed by atoms with van der Waals surface area (Å²) >= 11 is 0. The lowest BCUT2D eigenvalue weighted by molar-refractivity contribution is 0.315. The molecule has 1 aliphatic rings. The Kier molecular flexibility index (Phi) is 6.12. The quantitative estimate of drug-likeness (QED) is 0.344. The predicted octanol–water partition coefficient (Wildman–Crippen LogP) is 4.06. The third-order valence-electron chi connectivity index (χ3n) is 6.97. The lowest BCUT2D eigenvalue weighted by Crippen LogP contribution is -2.31. The van der Waals surface area contributed by atoms with Crippen LogP contribution in [0.3, 0.4) is 0 Å². The molecule has 1 aliphatic heterocycles.